The molecule has 1 heterocycles. The maximum Gasteiger partial charge on any atom is 0.265 e. The number of ether oxygens (including phenoxy) is 1. The first-order chi connectivity index (χ1) is 13.1. The summed E-state index contributed by atoms with van der Waals surface area (Å²) in [7, 11) is 0. The van der Waals surface area contributed by atoms with Crippen LogP contribution in [0.2, 0.25) is 0 Å². The smallest absolute Gasteiger partial charge is 0.265 e. The van der Waals surface area contributed by atoms with E-state index in [9.17, 15) is 4.79 Å². The van der Waals surface area contributed by atoms with Gasteiger partial charge in [0.25, 0.3) is 5.91 Å². The number of rotatable bonds is 6. The number of benzene rings is 2. The van der Waals surface area contributed by atoms with Crippen molar-refractivity contribution in [3.63, 3.8) is 0 Å². The van der Waals surface area contributed by atoms with E-state index in [-0.39, 0.29) is 5.91 Å². The van der Waals surface area contributed by atoms with Crippen molar-refractivity contribution in [2.75, 3.05) is 42.9 Å². The SMILES string of the molecule is CCN1CCN(c2ccccc2NC(=O)C(C)Oc2ccc(C)cc2)CC1. The fourth-order valence-corrected chi connectivity index (χ4v) is 3.27. The highest BCUT2D eigenvalue weighted by Crippen LogP contribution is 2.27. The highest BCUT2D eigenvalue weighted by Gasteiger charge is 2.21. The molecule has 1 aliphatic heterocycles. The predicted octanol–water partition coefficient (Wildman–Crippen LogP) is 3.54. The Morgan fingerprint density at radius 3 is 2.41 bits per heavy atom. The van der Waals surface area contributed by atoms with E-state index in [1.165, 1.54) is 0 Å². The molecule has 1 saturated heterocycles. The van der Waals surface area contributed by atoms with Gasteiger partial charge in [-0.1, -0.05) is 36.8 Å². The monoisotopic (exact) mass is 367 g/mol. The third-order valence-corrected chi connectivity index (χ3v) is 5.03. The molecule has 2 aromatic carbocycles. The van der Waals surface area contributed by atoms with E-state index >= 15 is 0 Å². The molecule has 5 heteroatoms. The van der Waals surface area contributed by atoms with E-state index in [2.05, 4.69) is 28.1 Å². The molecule has 0 aliphatic carbocycles. The third kappa shape index (κ3) is 5.01. The average molecular weight is 367 g/mol. The lowest BCUT2D eigenvalue weighted by Crippen LogP contribution is -2.46. The maximum absolute atomic E-state index is 12.7. The van der Waals surface area contributed by atoms with Crippen LogP contribution in [0.15, 0.2) is 48.5 Å². The zero-order valence-electron chi connectivity index (χ0n) is 16.4. The van der Waals surface area contributed by atoms with Crippen LogP contribution in [0.4, 0.5) is 11.4 Å². The van der Waals surface area contributed by atoms with Gasteiger partial charge in [0.05, 0.1) is 11.4 Å². The average Bonchev–Trinajstić information content (AvgIpc) is 2.70. The zero-order chi connectivity index (χ0) is 19.2. The van der Waals surface area contributed by atoms with Crippen molar-refractivity contribution in [2.45, 2.75) is 26.9 Å². The number of hydrogen-bond donors (Lipinski definition) is 1. The van der Waals surface area contributed by atoms with E-state index in [0.29, 0.717) is 5.75 Å². The van der Waals surface area contributed by atoms with E-state index in [1.54, 1.807) is 6.92 Å². The van der Waals surface area contributed by atoms with Gasteiger partial charge in [0, 0.05) is 26.2 Å². The van der Waals surface area contributed by atoms with Gasteiger partial charge in [0.2, 0.25) is 0 Å². The predicted molar refractivity (Wildman–Crippen MR) is 111 cm³/mol. The van der Waals surface area contributed by atoms with Gasteiger partial charge in [-0.05, 0) is 44.7 Å². The summed E-state index contributed by atoms with van der Waals surface area (Å²) in [5, 5.41) is 3.05. The number of amides is 1. The van der Waals surface area contributed by atoms with E-state index < -0.39 is 6.10 Å². The van der Waals surface area contributed by atoms with E-state index in [4.69, 9.17) is 4.74 Å². The van der Waals surface area contributed by atoms with Gasteiger partial charge < -0.3 is 19.9 Å². The number of carbonyl (C=O) groups excluding carboxylic acids is 1. The molecule has 1 N–H and O–H groups in total. The van der Waals surface area contributed by atoms with Gasteiger partial charge >= 0.3 is 0 Å². The fourth-order valence-electron chi connectivity index (χ4n) is 3.27. The summed E-state index contributed by atoms with van der Waals surface area (Å²) in [6.45, 7) is 11.1. The maximum atomic E-state index is 12.7. The topological polar surface area (TPSA) is 44.8 Å². The van der Waals surface area contributed by atoms with Gasteiger partial charge in [-0.3, -0.25) is 4.79 Å². The number of para-hydroxylation sites is 2. The number of hydrogen-bond acceptors (Lipinski definition) is 4. The van der Waals surface area contributed by atoms with Crippen molar-refractivity contribution >= 4 is 17.3 Å². The van der Waals surface area contributed by atoms with Gasteiger partial charge in [-0.25, -0.2) is 0 Å². The molecular weight excluding hydrogens is 338 g/mol. The number of carbonyl (C=O) groups is 1. The summed E-state index contributed by atoms with van der Waals surface area (Å²) in [6, 6.07) is 15.7. The Morgan fingerprint density at radius 2 is 1.74 bits per heavy atom. The summed E-state index contributed by atoms with van der Waals surface area (Å²) >= 11 is 0. The second-order valence-electron chi connectivity index (χ2n) is 7.00. The van der Waals surface area contributed by atoms with Crippen molar-refractivity contribution in [1.82, 2.24) is 4.90 Å². The van der Waals surface area contributed by atoms with Crippen molar-refractivity contribution < 1.29 is 9.53 Å². The van der Waals surface area contributed by atoms with E-state index in [1.807, 2.05) is 49.4 Å². The second-order valence-corrected chi connectivity index (χ2v) is 7.00. The number of aryl methyl sites for hydroxylation is 1. The van der Waals surface area contributed by atoms with Crippen LogP contribution >= 0.6 is 0 Å². The Morgan fingerprint density at radius 1 is 1.07 bits per heavy atom. The Balaban J connectivity index is 1.64. The first-order valence-electron chi connectivity index (χ1n) is 9.67. The molecule has 0 saturated carbocycles. The Bertz CT molecular complexity index is 752. The summed E-state index contributed by atoms with van der Waals surface area (Å²) in [6.07, 6.45) is -0.572. The first-order valence-corrected chi connectivity index (χ1v) is 9.67. The zero-order valence-corrected chi connectivity index (χ0v) is 16.4. The van der Waals surface area contributed by atoms with E-state index in [0.717, 1.165) is 49.7 Å². The van der Waals surface area contributed by atoms with Crippen LogP contribution < -0.4 is 15.0 Å². The summed E-state index contributed by atoms with van der Waals surface area (Å²) in [5.41, 5.74) is 3.08. The van der Waals surface area contributed by atoms with Crippen molar-refractivity contribution in [3.8, 4) is 5.75 Å². The number of anilines is 2. The molecule has 3 rings (SSSR count). The van der Waals surface area contributed by atoms with Crippen LogP contribution in [0.25, 0.3) is 0 Å². The minimum absolute atomic E-state index is 0.143. The standard InChI is InChI=1S/C22H29N3O2/c1-4-24-13-15-25(16-14-24)21-8-6-5-7-20(21)23-22(26)18(3)27-19-11-9-17(2)10-12-19/h5-12,18H,4,13-16H2,1-3H3,(H,23,26). The molecule has 0 bridgehead atoms. The second kappa shape index (κ2) is 8.91. The largest absolute Gasteiger partial charge is 0.481 e. The number of piperazine rings is 1. The molecule has 2 aromatic rings. The minimum Gasteiger partial charge on any atom is -0.481 e. The summed E-state index contributed by atoms with van der Waals surface area (Å²) < 4.78 is 5.78. The summed E-state index contributed by atoms with van der Waals surface area (Å²) in [4.78, 5) is 17.4. The Kier molecular flexibility index (Phi) is 6.35. The number of nitrogens with one attached hydrogen (secondary N) is 1. The van der Waals surface area contributed by atoms with Crippen LogP contribution in [-0.2, 0) is 4.79 Å². The minimum atomic E-state index is -0.572. The first kappa shape index (κ1) is 19.2. The molecule has 27 heavy (non-hydrogen) atoms. The number of likely N-dealkylation sites (N-methyl/N-ethyl adjacent to an activating group) is 1. The fraction of sp³-hybridized carbons (Fsp3) is 0.409. The molecular formula is C22H29N3O2. The van der Waals surface area contributed by atoms with Crippen molar-refractivity contribution in [1.29, 1.82) is 0 Å². The van der Waals surface area contributed by atoms with Gasteiger partial charge in [0.15, 0.2) is 6.10 Å². The normalized spacial score (nSPS) is 16.0. The lowest BCUT2D eigenvalue weighted by Gasteiger charge is -2.36. The molecule has 1 fully saturated rings. The molecule has 1 aliphatic rings. The van der Waals surface area contributed by atoms with Crippen LogP contribution in [0.3, 0.4) is 0 Å². The van der Waals surface area contributed by atoms with Crippen LogP contribution in [0, 0.1) is 6.92 Å². The van der Waals surface area contributed by atoms with Crippen LogP contribution in [-0.4, -0.2) is 49.6 Å². The molecule has 0 radical (unpaired) electrons. The number of nitrogens with zero attached hydrogens (tertiary/aromatic N) is 2. The van der Waals surface area contributed by atoms with Crippen LogP contribution in [0.1, 0.15) is 19.4 Å². The lowest BCUT2D eigenvalue weighted by molar-refractivity contribution is -0.122. The van der Waals surface area contributed by atoms with Gasteiger partial charge in [-0.15, -0.1) is 0 Å². The Labute approximate surface area is 161 Å². The molecule has 0 spiro atoms. The molecule has 5 nitrogen and oxygen atoms in total. The lowest BCUT2D eigenvalue weighted by atomic mass is 10.2. The molecule has 1 amide bonds. The van der Waals surface area contributed by atoms with Crippen LogP contribution in [0.5, 0.6) is 5.75 Å². The third-order valence-electron chi connectivity index (χ3n) is 5.03. The highest BCUT2D eigenvalue weighted by atomic mass is 16.5. The molecule has 0 aromatic heterocycles. The van der Waals surface area contributed by atoms with Crippen molar-refractivity contribution in [3.05, 3.63) is 54.1 Å². The molecule has 1 unspecified atom stereocenters. The van der Waals surface area contributed by atoms with Gasteiger partial charge in [-0.2, -0.15) is 0 Å². The molecule has 1 atom stereocenters. The highest BCUT2D eigenvalue weighted by molar-refractivity contribution is 5.97. The Hall–Kier alpha value is -2.53. The van der Waals surface area contributed by atoms with Gasteiger partial charge in [0.1, 0.15) is 5.75 Å². The molecule has 144 valence electrons. The quantitative estimate of drug-likeness (QED) is 0.848. The summed E-state index contributed by atoms with van der Waals surface area (Å²) in [5.74, 6) is 0.558. The van der Waals surface area contributed by atoms with Crippen molar-refractivity contribution in [2.24, 2.45) is 0 Å².